The number of nitrogens with zero attached hydrogens (tertiary/aromatic N) is 2. The standard InChI is InChI=1S/C12H19N3O3/c1-3-12(17)7-15(8-12)5-4-11(16)13-10-6-9(2)18-14-10/h6,17H,3-5,7-8H2,1-2H3,(H,13,14,16). The highest BCUT2D eigenvalue weighted by Gasteiger charge is 2.38. The zero-order valence-corrected chi connectivity index (χ0v) is 10.8. The second kappa shape index (κ2) is 5.07. The Kier molecular flexibility index (Phi) is 3.68. The number of hydrogen-bond acceptors (Lipinski definition) is 5. The van der Waals surface area contributed by atoms with Gasteiger partial charge in [0.1, 0.15) is 5.76 Å². The number of carbonyl (C=O) groups is 1. The molecular formula is C12H19N3O3. The summed E-state index contributed by atoms with van der Waals surface area (Å²) in [6.07, 6.45) is 1.15. The van der Waals surface area contributed by atoms with Crippen LogP contribution in [-0.4, -0.2) is 46.3 Å². The first-order valence-electron chi connectivity index (χ1n) is 6.19. The van der Waals surface area contributed by atoms with Gasteiger partial charge in [-0.2, -0.15) is 0 Å². The van der Waals surface area contributed by atoms with Crippen LogP contribution in [0.4, 0.5) is 5.82 Å². The maximum absolute atomic E-state index is 11.6. The molecule has 0 unspecified atom stereocenters. The first kappa shape index (κ1) is 13.0. The van der Waals surface area contributed by atoms with Crippen molar-refractivity contribution in [2.45, 2.75) is 32.3 Å². The number of aryl methyl sites for hydroxylation is 1. The van der Waals surface area contributed by atoms with Crippen LogP contribution in [0.5, 0.6) is 0 Å². The second-order valence-corrected chi connectivity index (χ2v) is 4.91. The molecule has 100 valence electrons. The number of β-amino-alcohol motifs (C(OH)–C–C–N with tert-alkyl or cyclic N) is 1. The Bertz CT molecular complexity index is 424. The molecule has 6 nitrogen and oxygen atoms in total. The molecule has 1 aliphatic rings. The van der Waals surface area contributed by atoms with Crippen LogP contribution in [0, 0.1) is 6.92 Å². The molecule has 0 aliphatic carbocycles. The molecule has 0 atom stereocenters. The van der Waals surface area contributed by atoms with Gasteiger partial charge in [0.15, 0.2) is 5.82 Å². The lowest BCUT2D eigenvalue weighted by Gasteiger charge is -2.46. The Morgan fingerprint density at radius 3 is 2.94 bits per heavy atom. The summed E-state index contributed by atoms with van der Waals surface area (Å²) in [5.41, 5.74) is -0.542. The highest BCUT2D eigenvalue weighted by molar-refractivity contribution is 5.89. The van der Waals surface area contributed by atoms with Gasteiger partial charge in [-0.3, -0.25) is 9.69 Å². The van der Waals surface area contributed by atoms with E-state index >= 15 is 0 Å². The Morgan fingerprint density at radius 1 is 1.67 bits per heavy atom. The van der Waals surface area contributed by atoms with Gasteiger partial charge in [0, 0.05) is 32.1 Å². The van der Waals surface area contributed by atoms with Crippen molar-refractivity contribution in [3.63, 3.8) is 0 Å². The van der Waals surface area contributed by atoms with Gasteiger partial charge in [0.2, 0.25) is 5.91 Å². The molecule has 0 radical (unpaired) electrons. The molecule has 0 bridgehead atoms. The number of carbonyl (C=O) groups excluding carboxylic acids is 1. The first-order valence-corrected chi connectivity index (χ1v) is 6.19. The van der Waals surface area contributed by atoms with Crippen molar-refractivity contribution in [1.82, 2.24) is 10.1 Å². The quantitative estimate of drug-likeness (QED) is 0.810. The van der Waals surface area contributed by atoms with Crippen LogP contribution in [0.1, 0.15) is 25.5 Å². The summed E-state index contributed by atoms with van der Waals surface area (Å²) < 4.78 is 4.86. The third-order valence-corrected chi connectivity index (χ3v) is 3.24. The van der Waals surface area contributed by atoms with E-state index in [2.05, 4.69) is 15.4 Å². The lowest BCUT2D eigenvalue weighted by atomic mass is 9.91. The van der Waals surface area contributed by atoms with Gasteiger partial charge in [-0.15, -0.1) is 0 Å². The predicted octanol–water partition coefficient (Wildman–Crippen LogP) is 0.768. The minimum absolute atomic E-state index is 0.0877. The molecule has 1 fully saturated rings. The fraction of sp³-hybridized carbons (Fsp3) is 0.667. The minimum Gasteiger partial charge on any atom is -0.387 e. The molecule has 1 aromatic heterocycles. The number of aromatic nitrogens is 1. The maximum Gasteiger partial charge on any atom is 0.226 e. The molecular weight excluding hydrogens is 234 g/mol. The summed E-state index contributed by atoms with van der Waals surface area (Å²) in [7, 11) is 0. The van der Waals surface area contributed by atoms with Gasteiger partial charge < -0.3 is 14.9 Å². The largest absolute Gasteiger partial charge is 0.387 e. The Balaban J connectivity index is 1.67. The molecule has 1 aromatic rings. The number of aliphatic hydroxyl groups is 1. The molecule has 0 aromatic carbocycles. The van der Waals surface area contributed by atoms with Crippen LogP contribution >= 0.6 is 0 Å². The number of hydrogen-bond donors (Lipinski definition) is 2. The van der Waals surface area contributed by atoms with E-state index in [1.807, 2.05) is 6.92 Å². The summed E-state index contributed by atoms with van der Waals surface area (Å²) in [5.74, 6) is 1.03. The van der Waals surface area contributed by atoms with Gasteiger partial charge >= 0.3 is 0 Å². The zero-order valence-electron chi connectivity index (χ0n) is 10.8. The summed E-state index contributed by atoms with van der Waals surface area (Å²) in [4.78, 5) is 13.7. The topological polar surface area (TPSA) is 78.6 Å². The predicted molar refractivity (Wildman–Crippen MR) is 66.2 cm³/mol. The summed E-state index contributed by atoms with van der Waals surface area (Å²) in [6.45, 7) is 5.70. The molecule has 0 saturated carbocycles. The van der Waals surface area contributed by atoms with Crippen molar-refractivity contribution in [3.05, 3.63) is 11.8 Å². The van der Waals surface area contributed by atoms with Crippen LogP contribution < -0.4 is 5.32 Å². The number of rotatable bonds is 5. The summed E-state index contributed by atoms with van der Waals surface area (Å²) in [6, 6.07) is 1.68. The van der Waals surface area contributed by atoms with E-state index in [1.54, 1.807) is 13.0 Å². The molecule has 1 amide bonds. The van der Waals surface area contributed by atoms with E-state index in [4.69, 9.17) is 4.52 Å². The van der Waals surface area contributed by atoms with Gasteiger partial charge in [0.25, 0.3) is 0 Å². The number of anilines is 1. The molecule has 1 saturated heterocycles. The Hall–Kier alpha value is -1.40. The average molecular weight is 253 g/mol. The third-order valence-electron chi connectivity index (χ3n) is 3.24. The maximum atomic E-state index is 11.6. The van der Waals surface area contributed by atoms with Crippen LogP contribution in [0.3, 0.4) is 0 Å². The van der Waals surface area contributed by atoms with Crippen molar-refractivity contribution in [2.24, 2.45) is 0 Å². The molecule has 6 heteroatoms. The molecule has 2 heterocycles. The normalized spacial score (nSPS) is 18.4. The smallest absolute Gasteiger partial charge is 0.226 e. The van der Waals surface area contributed by atoms with Crippen molar-refractivity contribution in [3.8, 4) is 0 Å². The summed E-state index contributed by atoms with van der Waals surface area (Å²) in [5, 5.41) is 16.2. The lowest BCUT2D eigenvalue weighted by molar-refractivity contribution is -0.121. The van der Waals surface area contributed by atoms with E-state index in [0.717, 1.165) is 6.42 Å². The van der Waals surface area contributed by atoms with E-state index < -0.39 is 5.60 Å². The number of likely N-dealkylation sites (tertiary alicyclic amines) is 1. The first-order chi connectivity index (χ1) is 8.50. The average Bonchev–Trinajstić information content (AvgIpc) is 2.68. The van der Waals surface area contributed by atoms with Crippen LogP contribution in [0.15, 0.2) is 10.6 Å². The second-order valence-electron chi connectivity index (χ2n) is 4.91. The van der Waals surface area contributed by atoms with Crippen molar-refractivity contribution in [2.75, 3.05) is 25.0 Å². The zero-order chi connectivity index (χ0) is 13.2. The van der Waals surface area contributed by atoms with Crippen LogP contribution in [0.2, 0.25) is 0 Å². The molecule has 1 aliphatic heterocycles. The van der Waals surface area contributed by atoms with Crippen LogP contribution in [-0.2, 0) is 4.79 Å². The summed E-state index contributed by atoms with van der Waals surface area (Å²) >= 11 is 0. The fourth-order valence-corrected chi connectivity index (χ4v) is 2.06. The molecule has 0 spiro atoms. The Labute approximate surface area is 106 Å². The van der Waals surface area contributed by atoms with Crippen molar-refractivity contribution >= 4 is 11.7 Å². The highest BCUT2D eigenvalue weighted by Crippen LogP contribution is 2.23. The minimum atomic E-state index is -0.542. The molecule has 2 rings (SSSR count). The van der Waals surface area contributed by atoms with E-state index in [1.165, 1.54) is 0 Å². The van der Waals surface area contributed by atoms with Gasteiger partial charge in [-0.1, -0.05) is 12.1 Å². The monoisotopic (exact) mass is 253 g/mol. The van der Waals surface area contributed by atoms with E-state index in [0.29, 0.717) is 37.6 Å². The molecule has 18 heavy (non-hydrogen) atoms. The number of nitrogens with one attached hydrogen (secondary N) is 1. The van der Waals surface area contributed by atoms with Gasteiger partial charge in [-0.25, -0.2) is 0 Å². The third kappa shape index (κ3) is 3.08. The highest BCUT2D eigenvalue weighted by atomic mass is 16.5. The Morgan fingerprint density at radius 2 is 2.39 bits per heavy atom. The van der Waals surface area contributed by atoms with Gasteiger partial charge in [-0.05, 0) is 13.3 Å². The van der Waals surface area contributed by atoms with Crippen LogP contribution in [0.25, 0.3) is 0 Å². The van der Waals surface area contributed by atoms with E-state index in [-0.39, 0.29) is 5.91 Å². The number of amides is 1. The SMILES string of the molecule is CCC1(O)CN(CCC(=O)Nc2cc(C)on2)C1. The molecule has 2 N–H and O–H groups in total. The van der Waals surface area contributed by atoms with Gasteiger partial charge in [0.05, 0.1) is 5.60 Å². The van der Waals surface area contributed by atoms with Crippen molar-refractivity contribution < 1.29 is 14.4 Å². The van der Waals surface area contributed by atoms with E-state index in [9.17, 15) is 9.90 Å². The lowest BCUT2D eigenvalue weighted by Crippen LogP contribution is -2.61. The van der Waals surface area contributed by atoms with Crippen molar-refractivity contribution in [1.29, 1.82) is 0 Å². The fourth-order valence-electron chi connectivity index (χ4n) is 2.06.